The van der Waals surface area contributed by atoms with E-state index in [1.807, 2.05) is 0 Å². The van der Waals surface area contributed by atoms with Gasteiger partial charge in [0.15, 0.2) is 0 Å². The Kier molecular flexibility index (Phi) is 3.28. The molecule has 4 heteroatoms. The van der Waals surface area contributed by atoms with E-state index in [4.69, 9.17) is 0 Å². The minimum absolute atomic E-state index is 0.128. The second-order valence-electron chi connectivity index (χ2n) is 4.27. The van der Waals surface area contributed by atoms with Gasteiger partial charge in [0.1, 0.15) is 12.4 Å². The molecule has 0 bridgehead atoms. The maximum absolute atomic E-state index is 10.1. The van der Waals surface area contributed by atoms with Gasteiger partial charge in [0.05, 0.1) is 5.69 Å². The first-order valence-electron chi connectivity index (χ1n) is 5.44. The lowest BCUT2D eigenvalue weighted by atomic mass is 9.90. The minimum Gasteiger partial charge on any atom is -0.385 e. The SMILES string of the molecule is CC1CCNC(C(O)c2ccncn2)C1. The Morgan fingerprint density at radius 2 is 2.47 bits per heavy atom. The second kappa shape index (κ2) is 4.68. The lowest BCUT2D eigenvalue weighted by Gasteiger charge is -2.31. The molecule has 1 aliphatic heterocycles. The van der Waals surface area contributed by atoms with Crippen LogP contribution >= 0.6 is 0 Å². The van der Waals surface area contributed by atoms with Gasteiger partial charge in [0.2, 0.25) is 0 Å². The molecule has 1 aromatic rings. The Morgan fingerprint density at radius 3 is 3.13 bits per heavy atom. The summed E-state index contributed by atoms with van der Waals surface area (Å²) in [6.45, 7) is 3.20. The molecule has 2 N–H and O–H groups in total. The zero-order valence-electron chi connectivity index (χ0n) is 8.93. The molecule has 2 heterocycles. The van der Waals surface area contributed by atoms with Crippen molar-refractivity contribution in [3.05, 3.63) is 24.3 Å². The Bertz CT molecular complexity index is 304. The van der Waals surface area contributed by atoms with Gasteiger partial charge in [-0.3, -0.25) is 0 Å². The molecule has 0 amide bonds. The van der Waals surface area contributed by atoms with Crippen molar-refractivity contribution in [2.24, 2.45) is 5.92 Å². The first-order chi connectivity index (χ1) is 7.27. The van der Waals surface area contributed by atoms with Crippen molar-refractivity contribution in [2.75, 3.05) is 6.54 Å². The second-order valence-corrected chi connectivity index (χ2v) is 4.27. The summed E-state index contributed by atoms with van der Waals surface area (Å²) in [4.78, 5) is 7.92. The summed E-state index contributed by atoms with van der Waals surface area (Å²) >= 11 is 0. The van der Waals surface area contributed by atoms with Crippen molar-refractivity contribution in [3.63, 3.8) is 0 Å². The third-order valence-electron chi connectivity index (χ3n) is 2.99. The molecule has 4 nitrogen and oxygen atoms in total. The number of nitrogens with one attached hydrogen (secondary N) is 1. The molecule has 82 valence electrons. The van der Waals surface area contributed by atoms with Crippen molar-refractivity contribution in [2.45, 2.75) is 31.9 Å². The number of aromatic nitrogens is 2. The van der Waals surface area contributed by atoms with Crippen LogP contribution in [0.2, 0.25) is 0 Å². The van der Waals surface area contributed by atoms with Gasteiger partial charge in [0.25, 0.3) is 0 Å². The molecule has 1 saturated heterocycles. The fraction of sp³-hybridized carbons (Fsp3) is 0.636. The Balaban J connectivity index is 2.04. The van der Waals surface area contributed by atoms with E-state index < -0.39 is 6.10 Å². The lowest BCUT2D eigenvalue weighted by molar-refractivity contribution is 0.0977. The van der Waals surface area contributed by atoms with Crippen LogP contribution in [0.3, 0.4) is 0 Å². The molecule has 3 unspecified atom stereocenters. The normalized spacial score (nSPS) is 28.7. The van der Waals surface area contributed by atoms with Crippen LogP contribution in [0, 0.1) is 5.92 Å². The fourth-order valence-electron chi connectivity index (χ4n) is 2.07. The molecule has 15 heavy (non-hydrogen) atoms. The highest BCUT2D eigenvalue weighted by molar-refractivity contribution is 5.05. The number of aliphatic hydroxyl groups is 1. The van der Waals surface area contributed by atoms with Crippen molar-refractivity contribution in [3.8, 4) is 0 Å². The summed E-state index contributed by atoms with van der Waals surface area (Å²) < 4.78 is 0. The smallest absolute Gasteiger partial charge is 0.115 e. The van der Waals surface area contributed by atoms with Crippen molar-refractivity contribution < 1.29 is 5.11 Å². The number of hydrogen-bond donors (Lipinski definition) is 2. The van der Waals surface area contributed by atoms with Crippen LogP contribution in [0.1, 0.15) is 31.6 Å². The molecular weight excluding hydrogens is 190 g/mol. The van der Waals surface area contributed by atoms with Crippen LogP contribution in [0.5, 0.6) is 0 Å². The van der Waals surface area contributed by atoms with E-state index >= 15 is 0 Å². The average molecular weight is 207 g/mol. The third-order valence-corrected chi connectivity index (χ3v) is 2.99. The topological polar surface area (TPSA) is 58.0 Å². The molecule has 1 fully saturated rings. The molecule has 0 spiro atoms. The monoisotopic (exact) mass is 207 g/mol. The molecule has 0 saturated carbocycles. The standard InChI is InChI=1S/C11H17N3O/c1-8-2-5-13-10(6-8)11(15)9-3-4-12-7-14-9/h3-4,7-8,10-11,13,15H,2,5-6H2,1H3. The van der Waals surface area contributed by atoms with E-state index in [9.17, 15) is 5.11 Å². The largest absolute Gasteiger partial charge is 0.385 e. The van der Waals surface area contributed by atoms with Gasteiger partial charge in [-0.25, -0.2) is 9.97 Å². The number of nitrogens with zero attached hydrogens (tertiary/aromatic N) is 2. The van der Waals surface area contributed by atoms with Crippen LogP contribution in [0.4, 0.5) is 0 Å². The van der Waals surface area contributed by atoms with Crippen molar-refractivity contribution in [1.29, 1.82) is 0 Å². The zero-order chi connectivity index (χ0) is 10.7. The predicted molar refractivity (Wildman–Crippen MR) is 57.2 cm³/mol. The highest BCUT2D eigenvalue weighted by atomic mass is 16.3. The molecule has 1 aliphatic rings. The van der Waals surface area contributed by atoms with Gasteiger partial charge in [-0.05, 0) is 31.4 Å². The van der Waals surface area contributed by atoms with Crippen LogP contribution in [-0.2, 0) is 0 Å². The van der Waals surface area contributed by atoms with Crippen molar-refractivity contribution in [1.82, 2.24) is 15.3 Å². The molecule has 0 aromatic carbocycles. The zero-order valence-corrected chi connectivity index (χ0v) is 8.93. The molecule has 2 rings (SSSR count). The summed E-state index contributed by atoms with van der Waals surface area (Å²) in [5, 5.41) is 13.4. The average Bonchev–Trinajstić information content (AvgIpc) is 2.29. The van der Waals surface area contributed by atoms with E-state index in [0.29, 0.717) is 11.6 Å². The van der Waals surface area contributed by atoms with Crippen LogP contribution in [0.25, 0.3) is 0 Å². The van der Waals surface area contributed by atoms with E-state index in [1.54, 1.807) is 12.3 Å². The Labute approximate surface area is 89.8 Å². The van der Waals surface area contributed by atoms with Gasteiger partial charge in [0, 0.05) is 12.2 Å². The van der Waals surface area contributed by atoms with Crippen LogP contribution < -0.4 is 5.32 Å². The van der Waals surface area contributed by atoms with E-state index in [0.717, 1.165) is 13.0 Å². The highest BCUT2D eigenvalue weighted by Gasteiger charge is 2.26. The molecule has 1 aromatic heterocycles. The van der Waals surface area contributed by atoms with Gasteiger partial charge >= 0.3 is 0 Å². The first kappa shape index (κ1) is 10.5. The van der Waals surface area contributed by atoms with Gasteiger partial charge < -0.3 is 10.4 Å². The summed E-state index contributed by atoms with van der Waals surface area (Å²) in [6.07, 6.45) is 4.82. The number of hydrogen-bond acceptors (Lipinski definition) is 4. The minimum atomic E-state index is -0.518. The van der Waals surface area contributed by atoms with E-state index in [-0.39, 0.29) is 6.04 Å². The lowest BCUT2D eigenvalue weighted by Crippen LogP contribution is -2.41. The summed E-state index contributed by atoms with van der Waals surface area (Å²) in [5.74, 6) is 0.674. The quantitative estimate of drug-likeness (QED) is 0.756. The molecular formula is C11H17N3O. The summed E-state index contributed by atoms with van der Waals surface area (Å²) in [6, 6.07) is 1.90. The first-order valence-corrected chi connectivity index (χ1v) is 5.44. The summed E-state index contributed by atoms with van der Waals surface area (Å²) in [7, 11) is 0. The number of piperidine rings is 1. The Hall–Kier alpha value is -1.00. The third kappa shape index (κ3) is 2.52. The maximum atomic E-state index is 10.1. The number of aliphatic hydroxyl groups excluding tert-OH is 1. The summed E-state index contributed by atoms with van der Waals surface area (Å²) in [5.41, 5.74) is 0.705. The van der Waals surface area contributed by atoms with Crippen LogP contribution in [0.15, 0.2) is 18.6 Å². The maximum Gasteiger partial charge on any atom is 0.115 e. The fourth-order valence-corrected chi connectivity index (χ4v) is 2.07. The van der Waals surface area contributed by atoms with Gasteiger partial charge in [-0.15, -0.1) is 0 Å². The van der Waals surface area contributed by atoms with Crippen LogP contribution in [-0.4, -0.2) is 27.7 Å². The van der Waals surface area contributed by atoms with E-state index in [2.05, 4.69) is 22.2 Å². The van der Waals surface area contributed by atoms with Gasteiger partial charge in [-0.1, -0.05) is 6.92 Å². The van der Waals surface area contributed by atoms with Crippen molar-refractivity contribution >= 4 is 0 Å². The van der Waals surface area contributed by atoms with Gasteiger partial charge in [-0.2, -0.15) is 0 Å². The molecule has 3 atom stereocenters. The number of rotatable bonds is 2. The highest BCUT2D eigenvalue weighted by Crippen LogP contribution is 2.24. The van der Waals surface area contributed by atoms with E-state index in [1.165, 1.54) is 12.7 Å². The predicted octanol–water partition coefficient (Wildman–Crippen LogP) is 0.898. The Morgan fingerprint density at radius 1 is 1.60 bits per heavy atom. The molecule has 0 aliphatic carbocycles. The molecule has 0 radical (unpaired) electrons.